The molecule has 164 valence electrons. The smallest absolute Gasteiger partial charge is 0.343 e. The van der Waals surface area contributed by atoms with Crippen molar-refractivity contribution < 1.29 is 19.1 Å². The number of nitrogens with one attached hydrogen (secondary N) is 1. The van der Waals surface area contributed by atoms with Gasteiger partial charge in [0.05, 0.1) is 12.7 Å². The van der Waals surface area contributed by atoms with Gasteiger partial charge >= 0.3 is 5.97 Å². The van der Waals surface area contributed by atoms with Crippen LogP contribution in [0.2, 0.25) is 0 Å². The van der Waals surface area contributed by atoms with Gasteiger partial charge in [0.2, 0.25) is 5.91 Å². The maximum Gasteiger partial charge on any atom is 0.343 e. The first kappa shape index (κ1) is 21.2. The number of benzene rings is 4. The van der Waals surface area contributed by atoms with Crippen molar-refractivity contribution >= 4 is 44.3 Å². The molecule has 4 aromatic carbocycles. The predicted molar refractivity (Wildman–Crippen MR) is 131 cm³/mol. The molecule has 0 unspecified atom stereocenters. The molecule has 0 spiro atoms. The van der Waals surface area contributed by atoms with Crippen LogP contribution in [0.25, 0.3) is 10.8 Å². The molecule has 5 nitrogen and oxygen atoms in total. The lowest BCUT2D eigenvalue weighted by Gasteiger charge is -2.28. The highest BCUT2D eigenvalue weighted by atomic mass is 79.9. The molecular weight excluding hydrogens is 482 g/mol. The van der Waals surface area contributed by atoms with Crippen LogP contribution < -0.4 is 14.8 Å². The van der Waals surface area contributed by atoms with Crippen LogP contribution in [0, 0.1) is 0 Å². The van der Waals surface area contributed by atoms with Crippen LogP contribution in [-0.4, -0.2) is 19.0 Å². The zero-order chi connectivity index (χ0) is 22.9. The normalized spacial score (nSPS) is 15.0. The van der Waals surface area contributed by atoms with Gasteiger partial charge in [0.15, 0.2) is 11.5 Å². The number of esters is 1. The molecule has 5 rings (SSSR count). The minimum absolute atomic E-state index is 0.0347. The van der Waals surface area contributed by atoms with E-state index in [0.29, 0.717) is 23.5 Å². The fourth-order valence-electron chi connectivity index (χ4n) is 4.28. The number of fused-ring (bicyclic) bond motifs is 3. The lowest BCUT2D eigenvalue weighted by Crippen LogP contribution is -2.23. The molecule has 1 N–H and O–H groups in total. The second-order valence-corrected chi connectivity index (χ2v) is 8.78. The van der Waals surface area contributed by atoms with Crippen molar-refractivity contribution in [1.82, 2.24) is 0 Å². The van der Waals surface area contributed by atoms with E-state index in [-0.39, 0.29) is 11.8 Å². The molecule has 33 heavy (non-hydrogen) atoms. The standard InChI is InChI=1S/C27H20BrNO4/c1-32-24-14-18(9-13-23(24)33-27(31)17-6-10-19(28)11-7-17)21-15-25(30)29-22-12-8-16-4-2-3-5-20(16)26(21)22/h2-14,21H,15H2,1H3,(H,29,30)/t21-/m1/s1. The Morgan fingerprint density at radius 2 is 1.76 bits per heavy atom. The SMILES string of the molecule is COc1cc([C@H]2CC(=O)Nc3ccc4ccccc4c32)ccc1OC(=O)c1ccc(Br)cc1. The Hall–Kier alpha value is -3.64. The first-order valence-electron chi connectivity index (χ1n) is 10.5. The number of carbonyl (C=O) groups is 2. The summed E-state index contributed by atoms with van der Waals surface area (Å²) in [5.74, 6) is 0.109. The summed E-state index contributed by atoms with van der Waals surface area (Å²) in [4.78, 5) is 25.1. The first-order valence-corrected chi connectivity index (χ1v) is 11.3. The summed E-state index contributed by atoms with van der Waals surface area (Å²) in [6.45, 7) is 0. The number of rotatable bonds is 4. The number of methoxy groups -OCH3 is 1. The Morgan fingerprint density at radius 1 is 0.970 bits per heavy atom. The van der Waals surface area contributed by atoms with Gasteiger partial charge in [-0.05, 0) is 64.4 Å². The van der Waals surface area contributed by atoms with E-state index in [4.69, 9.17) is 9.47 Å². The Bertz CT molecular complexity index is 1380. The van der Waals surface area contributed by atoms with Crippen molar-refractivity contribution in [3.8, 4) is 11.5 Å². The van der Waals surface area contributed by atoms with Crippen LogP contribution in [0.5, 0.6) is 11.5 Å². The molecule has 0 saturated carbocycles. The van der Waals surface area contributed by atoms with Gasteiger partial charge in [0.25, 0.3) is 0 Å². The molecule has 0 aliphatic carbocycles. The summed E-state index contributed by atoms with van der Waals surface area (Å²) < 4.78 is 12.0. The van der Waals surface area contributed by atoms with E-state index in [2.05, 4.69) is 33.4 Å². The quantitative estimate of drug-likeness (QED) is 0.263. The third kappa shape index (κ3) is 4.10. The summed E-state index contributed by atoms with van der Waals surface area (Å²) in [6, 6.07) is 24.5. The lowest BCUT2D eigenvalue weighted by molar-refractivity contribution is -0.116. The van der Waals surface area contributed by atoms with Gasteiger partial charge in [0.1, 0.15) is 0 Å². The molecule has 1 aliphatic rings. The maximum absolute atomic E-state index is 12.6. The first-order chi connectivity index (χ1) is 16.0. The van der Waals surface area contributed by atoms with Gasteiger partial charge < -0.3 is 14.8 Å². The molecule has 0 aromatic heterocycles. The van der Waals surface area contributed by atoms with E-state index >= 15 is 0 Å². The predicted octanol–water partition coefficient (Wildman–Crippen LogP) is 6.30. The van der Waals surface area contributed by atoms with Crippen molar-refractivity contribution in [2.75, 3.05) is 12.4 Å². The molecule has 0 radical (unpaired) electrons. The van der Waals surface area contributed by atoms with Crippen molar-refractivity contribution in [3.05, 3.63) is 100 Å². The maximum atomic E-state index is 12.6. The topological polar surface area (TPSA) is 64.6 Å². The Balaban J connectivity index is 1.52. The molecule has 0 fully saturated rings. The molecule has 0 saturated heterocycles. The molecule has 1 amide bonds. The summed E-state index contributed by atoms with van der Waals surface area (Å²) in [5, 5.41) is 5.21. The molecule has 6 heteroatoms. The van der Waals surface area contributed by atoms with Gasteiger partial charge in [-0.1, -0.05) is 52.3 Å². The monoisotopic (exact) mass is 501 g/mol. The number of anilines is 1. The minimum atomic E-state index is -0.470. The number of halogens is 1. The average molecular weight is 502 g/mol. The molecule has 1 aliphatic heterocycles. The van der Waals surface area contributed by atoms with E-state index in [1.807, 2.05) is 36.4 Å². The Morgan fingerprint density at radius 3 is 2.55 bits per heavy atom. The van der Waals surface area contributed by atoms with Crippen LogP contribution in [0.4, 0.5) is 5.69 Å². The highest BCUT2D eigenvalue weighted by Crippen LogP contribution is 2.43. The van der Waals surface area contributed by atoms with Crippen molar-refractivity contribution in [2.45, 2.75) is 12.3 Å². The van der Waals surface area contributed by atoms with Crippen molar-refractivity contribution in [3.63, 3.8) is 0 Å². The van der Waals surface area contributed by atoms with Gasteiger partial charge in [-0.3, -0.25) is 4.79 Å². The van der Waals surface area contributed by atoms with Crippen LogP contribution in [-0.2, 0) is 4.79 Å². The van der Waals surface area contributed by atoms with Crippen LogP contribution in [0.1, 0.15) is 33.8 Å². The lowest BCUT2D eigenvalue weighted by atomic mass is 9.82. The molecular formula is C27H20BrNO4. The molecule has 1 heterocycles. The van der Waals surface area contributed by atoms with E-state index in [1.165, 1.54) is 7.11 Å². The largest absolute Gasteiger partial charge is 0.493 e. The van der Waals surface area contributed by atoms with Crippen LogP contribution >= 0.6 is 15.9 Å². The van der Waals surface area contributed by atoms with Gasteiger partial charge in [-0.25, -0.2) is 4.79 Å². The number of hydrogen-bond donors (Lipinski definition) is 1. The number of carbonyl (C=O) groups excluding carboxylic acids is 2. The molecule has 4 aromatic rings. The Kier molecular flexibility index (Phi) is 5.60. The second-order valence-electron chi connectivity index (χ2n) is 7.86. The fourth-order valence-corrected chi connectivity index (χ4v) is 4.55. The fraction of sp³-hybridized carbons (Fsp3) is 0.111. The highest BCUT2D eigenvalue weighted by Gasteiger charge is 2.29. The molecule has 1 atom stereocenters. The molecule has 0 bridgehead atoms. The van der Waals surface area contributed by atoms with Gasteiger partial charge in [0, 0.05) is 22.5 Å². The van der Waals surface area contributed by atoms with Crippen molar-refractivity contribution in [1.29, 1.82) is 0 Å². The zero-order valence-corrected chi connectivity index (χ0v) is 19.4. The summed E-state index contributed by atoms with van der Waals surface area (Å²) in [5.41, 5.74) is 3.26. The third-order valence-electron chi connectivity index (χ3n) is 5.86. The zero-order valence-electron chi connectivity index (χ0n) is 17.8. The number of ether oxygens (including phenoxy) is 2. The van der Waals surface area contributed by atoms with E-state index in [9.17, 15) is 9.59 Å². The average Bonchev–Trinajstić information content (AvgIpc) is 2.83. The van der Waals surface area contributed by atoms with E-state index in [0.717, 1.165) is 32.1 Å². The summed E-state index contributed by atoms with van der Waals surface area (Å²) in [6.07, 6.45) is 0.322. The second kappa shape index (κ2) is 8.71. The van der Waals surface area contributed by atoms with Gasteiger partial charge in [-0.15, -0.1) is 0 Å². The highest BCUT2D eigenvalue weighted by molar-refractivity contribution is 9.10. The number of hydrogen-bond acceptors (Lipinski definition) is 4. The van der Waals surface area contributed by atoms with E-state index < -0.39 is 5.97 Å². The number of amides is 1. The van der Waals surface area contributed by atoms with Gasteiger partial charge in [-0.2, -0.15) is 0 Å². The van der Waals surface area contributed by atoms with Crippen LogP contribution in [0.15, 0.2) is 83.3 Å². The third-order valence-corrected chi connectivity index (χ3v) is 6.38. The summed E-state index contributed by atoms with van der Waals surface area (Å²) in [7, 11) is 1.53. The Labute approximate surface area is 199 Å². The van der Waals surface area contributed by atoms with Crippen molar-refractivity contribution in [2.24, 2.45) is 0 Å². The summed E-state index contributed by atoms with van der Waals surface area (Å²) >= 11 is 3.36. The van der Waals surface area contributed by atoms with E-state index in [1.54, 1.807) is 30.3 Å². The minimum Gasteiger partial charge on any atom is -0.493 e. The van der Waals surface area contributed by atoms with Crippen LogP contribution in [0.3, 0.4) is 0 Å².